The van der Waals surface area contributed by atoms with E-state index in [1.165, 1.54) is 31.2 Å². The van der Waals surface area contributed by atoms with Gasteiger partial charge in [0.1, 0.15) is 5.60 Å². The summed E-state index contributed by atoms with van der Waals surface area (Å²) in [6, 6.07) is 5.82. The van der Waals surface area contributed by atoms with E-state index in [1.54, 1.807) is 5.38 Å². The van der Waals surface area contributed by atoms with Crippen molar-refractivity contribution >= 4 is 38.1 Å². The van der Waals surface area contributed by atoms with Gasteiger partial charge in [-0.15, -0.1) is 11.3 Å². The molecule has 0 atom stereocenters. The topological polar surface area (TPSA) is 108 Å². The van der Waals surface area contributed by atoms with E-state index in [-0.39, 0.29) is 15.9 Å². The molecule has 1 aromatic heterocycles. The fourth-order valence-electron chi connectivity index (χ4n) is 2.24. The normalized spacial score (nSPS) is 12.0. The van der Waals surface area contributed by atoms with E-state index in [2.05, 4.69) is 15.0 Å². The number of benzene rings is 1. The number of nitrogens with one attached hydrogen (secondary N) is 2. The third-order valence-electron chi connectivity index (χ3n) is 3.86. The van der Waals surface area contributed by atoms with Crippen LogP contribution in [0.25, 0.3) is 0 Å². The molecule has 7 nitrogen and oxygen atoms in total. The summed E-state index contributed by atoms with van der Waals surface area (Å²) in [5, 5.41) is 14.9. The quantitative estimate of drug-likeness (QED) is 0.681. The molecule has 0 aliphatic heterocycles. The second-order valence-corrected chi connectivity index (χ2v) is 8.13. The van der Waals surface area contributed by atoms with Crippen molar-refractivity contribution in [2.75, 3.05) is 10.0 Å². The molecule has 9 heteroatoms. The predicted octanol–water partition coefficient (Wildman–Crippen LogP) is 2.91. The molecule has 2 aromatic rings. The smallest absolute Gasteiger partial charge is 0.263 e. The second kappa shape index (κ2) is 7.51. The lowest BCUT2D eigenvalue weighted by atomic mass is 9.94. The molecule has 0 aliphatic rings. The van der Waals surface area contributed by atoms with E-state index in [1.807, 2.05) is 13.8 Å². The summed E-state index contributed by atoms with van der Waals surface area (Å²) in [5.41, 5.74) is -0.0830. The minimum absolute atomic E-state index is 0.0552. The summed E-state index contributed by atoms with van der Waals surface area (Å²) in [5.74, 6) is -0.233. The van der Waals surface area contributed by atoms with Gasteiger partial charge in [0.2, 0.25) is 5.91 Å². The van der Waals surface area contributed by atoms with E-state index in [9.17, 15) is 18.3 Å². The first-order valence-electron chi connectivity index (χ1n) is 7.79. The number of rotatable bonds is 7. The minimum Gasteiger partial charge on any atom is -0.384 e. The molecule has 136 valence electrons. The Hall–Kier alpha value is -1.97. The Bertz CT molecular complexity index is 841. The van der Waals surface area contributed by atoms with Gasteiger partial charge in [0.25, 0.3) is 10.0 Å². The number of carbonyl (C=O) groups is 1. The summed E-state index contributed by atoms with van der Waals surface area (Å²) in [6.07, 6.45) is 0.980. The van der Waals surface area contributed by atoms with Crippen LogP contribution in [-0.2, 0) is 20.4 Å². The molecule has 1 heterocycles. The number of aliphatic hydroxyl groups is 1. The molecule has 2 rings (SSSR count). The largest absolute Gasteiger partial charge is 0.384 e. The van der Waals surface area contributed by atoms with Crippen molar-refractivity contribution in [3.63, 3.8) is 0 Å². The summed E-state index contributed by atoms with van der Waals surface area (Å²) in [6.45, 7) is 5.08. The molecular weight excluding hydrogens is 362 g/mol. The van der Waals surface area contributed by atoms with E-state index in [0.717, 1.165) is 11.3 Å². The number of hydrogen-bond donors (Lipinski definition) is 3. The molecule has 0 bridgehead atoms. The summed E-state index contributed by atoms with van der Waals surface area (Å²) in [4.78, 5) is 15.3. The maximum Gasteiger partial charge on any atom is 0.263 e. The molecule has 25 heavy (non-hydrogen) atoms. The molecule has 0 fully saturated rings. The standard InChI is InChI=1S/C16H21N3O4S2/c1-4-16(21,5-2)14-10-24-15(18-14)19-25(22,23)13-8-6-12(7-9-13)17-11(3)20/h6-10,21H,4-5H2,1-3H3,(H,17,20)(H,18,19). The van der Waals surface area contributed by atoms with E-state index < -0.39 is 15.6 Å². The van der Waals surface area contributed by atoms with E-state index in [4.69, 9.17) is 0 Å². The zero-order valence-electron chi connectivity index (χ0n) is 14.2. The minimum atomic E-state index is -3.80. The Morgan fingerprint density at radius 1 is 1.24 bits per heavy atom. The first-order chi connectivity index (χ1) is 11.7. The van der Waals surface area contributed by atoms with Crippen molar-refractivity contribution in [1.29, 1.82) is 0 Å². The maximum atomic E-state index is 12.4. The van der Waals surface area contributed by atoms with Crippen LogP contribution in [0.3, 0.4) is 0 Å². The van der Waals surface area contributed by atoms with Crippen molar-refractivity contribution in [2.24, 2.45) is 0 Å². The first-order valence-corrected chi connectivity index (χ1v) is 10.2. The van der Waals surface area contributed by atoms with Gasteiger partial charge in [-0.25, -0.2) is 13.4 Å². The zero-order valence-corrected chi connectivity index (χ0v) is 15.9. The third-order valence-corrected chi connectivity index (χ3v) is 6.10. The van der Waals surface area contributed by atoms with Crippen molar-refractivity contribution in [1.82, 2.24) is 4.98 Å². The summed E-state index contributed by atoms with van der Waals surface area (Å²) >= 11 is 1.12. The molecule has 0 saturated heterocycles. The fraction of sp³-hybridized carbons (Fsp3) is 0.375. The number of anilines is 2. The van der Waals surface area contributed by atoms with Gasteiger partial charge in [0, 0.05) is 18.0 Å². The van der Waals surface area contributed by atoms with Gasteiger partial charge in [-0.1, -0.05) is 13.8 Å². The molecular formula is C16H21N3O4S2. The molecule has 0 spiro atoms. The molecule has 1 amide bonds. The molecule has 0 unspecified atom stereocenters. The number of nitrogens with zero attached hydrogens (tertiary/aromatic N) is 1. The Kier molecular flexibility index (Phi) is 5.81. The number of sulfonamides is 1. The highest BCUT2D eigenvalue weighted by molar-refractivity contribution is 7.93. The molecule has 0 saturated carbocycles. The third kappa shape index (κ3) is 4.56. The van der Waals surface area contributed by atoms with Gasteiger partial charge in [0.05, 0.1) is 10.6 Å². The lowest BCUT2D eigenvalue weighted by Gasteiger charge is -2.22. The van der Waals surface area contributed by atoms with Crippen molar-refractivity contribution in [3.8, 4) is 0 Å². The second-order valence-electron chi connectivity index (χ2n) is 5.59. The van der Waals surface area contributed by atoms with Crippen molar-refractivity contribution in [2.45, 2.75) is 44.1 Å². The van der Waals surface area contributed by atoms with Crippen LogP contribution in [-0.4, -0.2) is 24.4 Å². The molecule has 3 N–H and O–H groups in total. The van der Waals surface area contributed by atoms with Crippen LogP contribution >= 0.6 is 11.3 Å². The first kappa shape index (κ1) is 19.4. The van der Waals surface area contributed by atoms with Crippen LogP contribution in [0.1, 0.15) is 39.3 Å². The number of amides is 1. The summed E-state index contributed by atoms with van der Waals surface area (Å²) < 4.78 is 27.3. The maximum absolute atomic E-state index is 12.4. The van der Waals surface area contributed by atoms with E-state index in [0.29, 0.717) is 24.2 Å². The number of thiazole rings is 1. The molecule has 1 aromatic carbocycles. The Morgan fingerprint density at radius 3 is 2.36 bits per heavy atom. The highest BCUT2D eigenvalue weighted by atomic mass is 32.2. The van der Waals surface area contributed by atoms with Crippen LogP contribution in [0.5, 0.6) is 0 Å². The SMILES string of the molecule is CCC(O)(CC)c1csc(NS(=O)(=O)c2ccc(NC(C)=O)cc2)n1. The lowest BCUT2D eigenvalue weighted by molar-refractivity contribution is -0.114. The number of aromatic nitrogens is 1. The lowest BCUT2D eigenvalue weighted by Crippen LogP contribution is -2.24. The number of hydrogen-bond acceptors (Lipinski definition) is 6. The molecule has 0 radical (unpaired) electrons. The van der Waals surface area contributed by atoms with Gasteiger partial charge in [-0.2, -0.15) is 0 Å². The van der Waals surface area contributed by atoms with Crippen LogP contribution in [0.4, 0.5) is 10.8 Å². The summed E-state index contributed by atoms with van der Waals surface area (Å²) in [7, 11) is -3.80. The molecule has 0 aliphatic carbocycles. The Labute approximate surface area is 151 Å². The van der Waals surface area contributed by atoms with Crippen molar-refractivity contribution < 1.29 is 18.3 Å². The highest BCUT2D eigenvalue weighted by Gasteiger charge is 2.28. The van der Waals surface area contributed by atoms with Gasteiger partial charge in [-0.3, -0.25) is 9.52 Å². The van der Waals surface area contributed by atoms with Crippen LogP contribution < -0.4 is 10.0 Å². The average Bonchev–Trinajstić information content (AvgIpc) is 3.02. The van der Waals surface area contributed by atoms with Crippen molar-refractivity contribution in [3.05, 3.63) is 35.3 Å². The average molecular weight is 383 g/mol. The highest BCUT2D eigenvalue weighted by Crippen LogP contribution is 2.31. The van der Waals surface area contributed by atoms with Crippen LogP contribution in [0.2, 0.25) is 0 Å². The zero-order chi connectivity index (χ0) is 18.7. The van der Waals surface area contributed by atoms with Gasteiger partial charge in [0.15, 0.2) is 5.13 Å². The number of carbonyl (C=O) groups excluding carboxylic acids is 1. The van der Waals surface area contributed by atoms with Crippen LogP contribution in [0.15, 0.2) is 34.5 Å². The fourth-order valence-corrected chi connectivity index (χ4v) is 4.30. The Morgan fingerprint density at radius 2 is 1.84 bits per heavy atom. The van der Waals surface area contributed by atoms with E-state index >= 15 is 0 Å². The Balaban J connectivity index is 2.19. The van der Waals surface area contributed by atoms with Crippen LogP contribution in [0, 0.1) is 0 Å². The van der Waals surface area contributed by atoms with Gasteiger partial charge in [-0.05, 0) is 37.1 Å². The monoisotopic (exact) mass is 383 g/mol. The van der Waals surface area contributed by atoms with Gasteiger partial charge < -0.3 is 10.4 Å². The predicted molar refractivity (Wildman–Crippen MR) is 98.1 cm³/mol. The van der Waals surface area contributed by atoms with Gasteiger partial charge >= 0.3 is 0 Å².